The van der Waals surface area contributed by atoms with E-state index < -0.39 is 6.10 Å². The molecule has 1 heterocycles. The van der Waals surface area contributed by atoms with Crippen molar-refractivity contribution in [2.45, 2.75) is 79.9 Å². The lowest BCUT2D eigenvalue weighted by molar-refractivity contribution is -0.181. The third kappa shape index (κ3) is 3.75. The second-order valence-electron chi connectivity index (χ2n) is 8.38. The van der Waals surface area contributed by atoms with E-state index in [2.05, 4.69) is 55.4 Å². The summed E-state index contributed by atoms with van der Waals surface area (Å²) in [6.45, 7) is 18.2. The average Bonchev–Trinajstić information content (AvgIpc) is 2.60. The van der Waals surface area contributed by atoms with Crippen molar-refractivity contribution in [3.05, 3.63) is 0 Å². The Balaban J connectivity index is 2.96. The molecule has 1 aliphatic heterocycles. The van der Waals surface area contributed by atoms with E-state index in [-0.39, 0.29) is 22.4 Å². The summed E-state index contributed by atoms with van der Waals surface area (Å²) in [5.41, 5.74) is -0.160. The van der Waals surface area contributed by atoms with Crippen molar-refractivity contribution >= 4 is 5.97 Å². The van der Waals surface area contributed by atoms with Crippen LogP contribution in [0.1, 0.15) is 68.2 Å². The summed E-state index contributed by atoms with van der Waals surface area (Å²) in [5, 5.41) is 0. The maximum atomic E-state index is 11.7. The first-order valence-electron chi connectivity index (χ1n) is 7.73. The largest absolute Gasteiger partial charge is 0.464 e. The lowest BCUT2D eigenvalue weighted by atomic mass is 9.60. The van der Waals surface area contributed by atoms with Gasteiger partial charge >= 0.3 is 5.97 Å². The van der Waals surface area contributed by atoms with E-state index in [1.54, 1.807) is 0 Å². The molecule has 0 amide bonds. The minimum atomic E-state index is -0.400. The molecule has 0 spiro atoms. The Morgan fingerprint density at radius 2 is 1.75 bits per heavy atom. The number of esters is 1. The van der Waals surface area contributed by atoms with E-state index in [1.807, 2.05) is 0 Å². The number of rotatable bonds is 5. The maximum Gasteiger partial charge on any atom is 0.335 e. The van der Waals surface area contributed by atoms with E-state index in [9.17, 15) is 4.79 Å². The normalized spacial score (nSPS) is 23.9. The van der Waals surface area contributed by atoms with Crippen LogP contribution in [-0.4, -0.2) is 24.3 Å². The fourth-order valence-corrected chi connectivity index (χ4v) is 3.29. The number of carbonyl (C=O) groups excluding carboxylic acids is 1. The van der Waals surface area contributed by atoms with Crippen LogP contribution in [0.2, 0.25) is 0 Å². The van der Waals surface area contributed by atoms with Gasteiger partial charge in [-0.1, -0.05) is 41.5 Å². The first kappa shape index (κ1) is 17.5. The minimum Gasteiger partial charge on any atom is -0.464 e. The Bertz CT molecular complexity index is 352. The summed E-state index contributed by atoms with van der Waals surface area (Å²) in [7, 11) is 0. The molecule has 0 aromatic rings. The zero-order valence-electron chi connectivity index (χ0n) is 14.5. The predicted molar refractivity (Wildman–Crippen MR) is 81.5 cm³/mol. The van der Waals surface area contributed by atoms with Gasteiger partial charge in [0.1, 0.15) is 0 Å². The van der Waals surface area contributed by atoms with E-state index in [1.165, 1.54) is 0 Å². The minimum absolute atomic E-state index is 0.00583. The van der Waals surface area contributed by atoms with Crippen LogP contribution in [0.4, 0.5) is 0 Å². The first-order chi connectivity index (χ1) is 8.89. The molecular formula is C17H32O3. The van der Waals surface area contributed by atoms with Gasteiger partial charge in [-0.3, -0.25) is 0 Å². The molecule has 2 unspecified atom stereocenters. The summed E-state index contributed by atoms with van der Waals surface area (Å²) < 4.78 is 11.2. The van der Waals surface area contributed by atoms with Crippen molar-refractivity contribution in [1.82, 2.24) is 0 Å². The van der Waals surface area contributed by atoms with Crippen molar-refractivity contribution in [2.75, 3.05) is 6.61 Å². The Hall–Kier alpha value is -0.570. The van der Waals surface area contributed by atoms with Gasteiger partial charge in [-0.05, 0) is 37.0 Å². The van der Waals surface area contributed by atoms with Crippen molar-refractivity contribution in [3.63, 3.8) is 0 Å². The smallest absolute Gasteiger partial charge is 0.335 e. The second-order valence-corrected chi connectivity index (χ2v) is 8.38. The zero-order valence-corrected chi connectivity index (χ0v) is 14.5. The van der Waals surface area contributed by atoms with Crippen LogP contribution in [-0.2, 0) is 14.3 Å². The summed E-state index contributed by atoms with van der Waals surface area (Å²) in [4.78, 5) is 11.7. The van der Waals surface area contributed by atoms with E-state index in [0.29, 0.717) is 18.9 Å². The van der Waals surface area contributed by atoms with Gasteiger partial charge < -0.3 is 9.47 Å². The molecule has 1 aliphatic rings. The van der Waals surface area contributed by atoms with Crippen LogP contribution in [0.3, 0.4) is 0 Å². The molecule has 0 aliphatic carbocycles. The molecule has 1 rings (SSSR count). The molecule has 0 radical (unpaired) electrons. The highest BCUT2D eigenvalue weighted by Crippen LogP contribution is 2.49. The SMILES string of the molecule is CC(C)C(C)(CC(C)(C)C)C(C)(C)OC1CCOC1=O. The fraction of sp³-hybridized carbons (Fsp3) is 0.941. The number of cyclic esters (lactones) is 1. The third-order valence-corrected chi connectivity index (χ3v) is 4.87. The predicted octanol–water partition coefficient (Wildman–Crippen LogP) is 4.20. The quantitative estimate of drug-likeness (QED) is 0.710. The molecule has 118 valence electrons. The highest BCUT2D eigenvalue weighted by atomic mass is 16.6. The van der Waals surface area contributed by atoms with Crippen molar-refractivity contribution < 1.29 is 14.3 Å². The number of hydrogen-bond donors (Lipinski definition) is 0. The Kier molecular flexibility index (Phi) is 4.95. The molecule has 0 saturated carbocycles. The van der Waals surface area contributed by atoms with Gasteiger partial charge in [-0.2, -0.15) is 0 Å². The molecule has 1 saturated heterocycles. The Morgan fingerprint density at radius 3 is 2.10 bits per heavy atom. The Morgan fingerprint density at radius 1 is 1.20 bits per heavy atom. The lowest BCUT2D eigenvalue weighted by Crippen LogP contribution is -2.51. The molecule has 1 fully saturated rings. The number of carbonyl (C=O) groups is 1. The third-order valence-electron chi connectivity index (χ3n) is 4.87. The molecule has 3 heteroatoms. The van der Waals surface area contributed by atoms with Crippen molar-refractivity contribution in [1.29, 1.82) is 0 Å². The monoisotopic (exact) mass is 284 g/mol. The molecular weight excluding hydrogens is 252 g/mol. The van der Waals surface area contributed by atoms with E-state index in [4.69, 9.17) is 9.47 Å². The van der Waals surface area contributed by atoms with Crippen LogP contribution < -0.4 is 0 Å². The molecule has 0 bridgehead atoms. The van der Waals surface area contributed by atoms with E-state index >= 15 is 0 Å². The molecule has 2 atom stereocenters. The van der Waals surface area contributed by atoms with Crippen molar-refractivity contribution in [3.8, 4) is 0 Å². The van der Waals surface area contributed by atoms with E-state index in [0.717, 1.165) is 6.42 Å². The summed E-state index contributed by atoms with van der Waals surface area (Å²) in [6, 6.07) is 0. The topological polar surface area (TPSA) is 35.5 Å². The van der Waals surface area contributed by atoms with Gasteiger partial charge in [0.2, 0.25) is 0 Å². The van der Waals surface area contributed by atoms with Crippen LogP contribution in [0.25, 0.3) is 0 Å². The van der Waals surface area contributed by atoms with Crippen LogP contribution in [0.15, 0.2) is 0 Å². The van der Waals surface area contributed by atoms with Crippen molar-refractivity contribution in [2.24, 2.45) is 16.7 Å². The summed E-state index contributed by atoms with van der Waals surface area (Å²) in [6.07, 6.45) is 1.32. The average molecular weight is 284 g/mol. The van der Waals surface area contributed by atoms with Crippen LogP contribution in [0.5, 0.6) is 0 Å². The summed E-state index contributed by atoms with van der Waals surface area (Å²) >= 11 is 0. The highest BCUT2D eigenvalue weighted by Gasteiger charge is 2.48. The zero-order chi connectivity index (χ0) is 15.8. The molecule has 0 aromatic carbocycles. The van der Waals surface area contributed by atoms with Gasteiger partial charge in [0.25, 0.3) is 0 Å². The molecule has 0 N–H and O–H groups in total. The lowest BCUT2D eigenvalue weighted by Gasteiger charge is -2.50. The fourth-order valence-electron chi connectivity index (χ4n) is 3.29. The van der Waals surface area contributed by atoms with Gasteiger partial charge in [-0.15, -0.1) is 0 Å². The molecule has 20 heavy (non-hydrogen) atoms. The Labute approximate surface area is 124 Å². The number of ether oxygens (including phenoxy) is 2. The standard InChI is InChI=1S/C17H32O3/c1-12(2)17(8,11-15(3,4)5)16(6,7)20-13-9-10-19-14(13)18/h12-13H,9-11H2,1-8H3. The first-order valence-corrected chi connectivity index (χ1v) is 7.73. The van der Waals surface area contributed by atoms with Crippen LogP contribution in [0, 0.1) is 16.7 Å². The van der Waals surface area contributed by atoms with Gasteiger partial charge in [0.05, 0.1) is 12.2 Å². The second kappa shape index (κ2) is 5.67. The van der Waals surface area contributed by atoms with Gasteiger partial charge in [0, 0.05) is 6.42 Å². The van der Waals surface area contributed by atoms with Gasteiger partial charge in [-0.25, -0.2) is 4.79 Å². The number of hydrogen-bond acceptors (Lipinski definition) is 3. The molecule has 3 nitrogen and oxygen atoms in total. The summed E-state index contributed by atoms with van der Waals surface area (Å²) in [5.74, 6) is 0.258. The highest BCUT2D eigenvalue weighted by molar-refractivity contribution is 5.76. The maximum absolute atomic E-state index is 11.7. The van der Waals surface area contributed by atoms with Crippen LogP contribution >= 0.6 is 0 Å². The molecule has 0 aromatic heterocycles. The van der Waals surface area contributed by atoms with Gasteiger partial charge in [0.15, 0.2) is 6.10 Å².